The van der Waals surface area contributed by atoms with Crippen LogP contribution in [0.25, 0.3) is 43.8 Å². The van der Waals surface area contributed by atoms with Crippen LogP contribution in [0, 0.1) is 24.0 Å². The fourth-order valence-corrected chi connectivity index (χ4v) is 12.7. The summed E-state index contributed by atoms with van der Waals surface area (Å²) < 4.78 is 56.8. The summed E-state index contributed by atoms with van der Waals surface area (Å²) in [6.07, 6.45) is 12.7. The number of hydrogen-bond acceptors (Lipinski definition) is 15. The first-order chi connectivity index (χ1) is 36.3. The molecular formula is C55H58F2N10O8. The van der Waals surface area contributed by atoms with Crippen LogP contribution in [0.5, 0.6) is 11.8 Å². The van der Waals surface area contributed by atoms with Crippen molar-refractivity contribution >= 4 is 62.0 Å². The third-order valence-corrected chi connectivity index (χ3v) is 16.4. The SMILES string of the molecule is C#Cc1c(F)ccc2cc(O)cc(-c3nc4c5c(nc(OCC67CCCN6CCC7)nc5c3F)N3CCCOCC3CC4)c12.COC(=O)N1CCOC2(C1)CN(c1ccc3c(C4CCC(=O)NC4=O)nn(C)c3c1)C2. The highest BCUT2D eigenvalue weighted by Crippen LogP contribution is 2.44. The number of aryl methyl sites for hydroxylation is 2. The highest BCUT2D eigenvalue weighted by atomic mass is 19.1. The van der Waals surface area contributed by atoms with Crippen LogP contribution in [0.1, 0.15) is 74.2 Å². The molecule has 3 aromatic carbocycles. The van der Waals surface area contributed by atoms with Gasteiger partial charge in [0, 0.05) is 55.2 Å². The van der Waals surface area contributed by atoms with Crippen molar-refractivity contribution in [3.05, 3.63) is 71.1 Å². The van der Waals surface area contributed by atoms with Gasteiger partial charge in [0.25, 0.3) is 0 Å². The number of amides is 3. The number of nitrogens with one attached hydrogen (secondary N) is 1. The average molecular weight is 1030 g/mol. The zero-order valence-electron chi connectivity index (χ0n) is 42.0. The quantitative estimate of drug-likeness (QED) is 0.144. The Hall–Kier alpha value is -7.21. The molecule has 2 N–H and O–H groups in total. The van der Waals surface area contributed by atoms with Crippen molar-refractivity contribution < 1.29 is 47.2 Å². The molecule has 2 unspecified atom stereocenters. The van der Waals surface area contributed by atoms with Crippen molar-refractivity contribution in [3.8, 4) is 35.4 Å². The molecule has 7 aliphatic heterocycles. The third kappa shape index (κ3) is 8.58. The molecule has 18 nitrogen and oxygen atoms in total. The maximum absolute atomic E-state index is 17.0. The number of halogens is 2. The number of methoxy groups -OCH3 is 1. The van der Waals surface area contributed by atoms with E-state index < -0.39 is 17.6 Å². The van der Waals surface area contributed by atoms with E-state index in [0.29, 0.717) is 112 Å². The molecule has 390 valence electrons. The largest absolute Gasteiger partial charge is 0.508 e. The van der Waals surface area contributed by atoms with E-state index >= 15 is 4.39 Å². The lowest BCUT2D eigenvalue weighted by Crippen LogP contribution is -2.70. The number of pyridine rings is 1. The lowest BCUT2D eigenvalue weighted by atomic mass is 9.90. The van der Waals surface area contributed by atoms with Crippen molar-refractivity contribution in [2.24, 2.45) is 7.05 Å². The number of piperidine rings is 1. The number of benzene rings is 3. The van der Waals surface area contributed by atoms with Crippen LogP contribution in [0.3, 0.4) is 0 Å². The normalized spacial score (nSPS) is 21.9. The highest BCUT2D eigenvalue weighted by Gasteiger charge is 2.49. The van der Waals surface area contributed by atoms with Crippen LogP contribution in [0.4, 0.5) is 25.1 Å². The number of carbonyl (C=O) groups excluding carboxylic acids is 3. The number of imide groups is 1. The van der Waals surface area contributed by atoms with Gasteiger partial charge in [-0.05, 0) is 106 Å². The minimum Gasteiger partial charge on any atom is -0.508 e. The molecule has 20 heteroatoms. The summed E-state index contributed by atoms with van der Waals surface area (Å²) in [6, 6.07) is 11.9. The number of carbonyl (C=O) groups is 3. The molecule has 0 bridgehead atoms. The fourth-order valence-electron chi connectivity index (χ4n) is 12.7. The topological polar surface area (TPSA) is 190 Å². The maximum Gasteiger partial charge on any atom is 0.409 e. The number of anilines is 2. The molecule has 1 spiro atoms. The molecule has 6 aromatic rings. The summed E-state index contributed by atoms with van der Waals surface area (Å²) in [7, 11) is 3.25. The average Bonchev–Trinajstić information content (AvgIpc) is 3.99. The van der Waals surface area contributed by atoms with Gasteiger partial charge in [-0.1, -0.05) is 12.0 Å². The molecule has 75 heavy (non-hydrogen) atoms. The molecule has 0 saturated carbocycles. The zero-order chi connectivity index (χ0) is 51.8. The molecule has 3 amide bonds. The molecule has 0 aliphatic carbocycles. The second kappa shape index (κ2) is 19.2. The van der Waals surface area contributed by atoms with E-state index in [1.165, 1.54) is 31.4 Å². The van der Waals surface area contributed by atoms with Crippen LogP contribution in [0.15, 0.2) is 42.5 Å². The number of phenols is 1. The number of fused-ring (bicyclic) bond motifs is 5. The number of morpholine rings is 1. The Morgan fingerprint density at radius 1 is 0.960 bits per heavy atom. The highest BCUT2D eigenvalue weighted by molar-refractivity contribution is 6.04. The van der Waals surface area contributed by atoms with Gasteiger partial charge in [-0.15, -0.1) is 6.42 Å². The van der Waals surface area contributed by atoms with Crippen molar-refractivity contribution in [1.29, 1.82) is 0 Å². The Bertz CT molecular complexity index is 3350. The molecule has 3 aromatic heterocycles. The van der Waals surface area contributed by atoms with Gasteiger partial charge in [-0.3, -0.25) is 24.5 Å². The number of terminal acetylenes is 1. The Morgan fingerprint density at radius 2 is 1.79 bits per heavy atom. The molecule has 13 rings (SSSR count). The van der Waals surface area contributed by atoms with Gasteiger partial charge >= 0.3 is 12.1 Å². The summed E-state index contributed by atoms with van der Waals surface area (Å²) in [4.78, 5) is 58.8. The van der Waals surface area contributed by atoms with Gasteiger partial charge in [0.2, 0.25) is 11.8 Å². The molecule has 6 saturated heterocycles. The van der Waals surface area contributed by atoms with Gasteiger partial charge in [-0.2, -0.15) is 15.1 Å². The van der Waals surface area contributed by atoms with Gasteiger partial charge in [0.1, 0.15) is 40.8 Å². The Morgan fingerprint density at radius 3 is 2.57 bits per heavy atom. The molecule has 10 heterocycles. The third-order valence-electron chi connectivity index (χ3n) is 16.4. The predicted molar refractivity (Wildman–Crippen MR) is 274 cm³/mol. The number of aromatic hydroxyl groups is 1. The van der Waals surface area contributed by atoms with E-state index in [0.717, 1.165) is 68.2 Å². The first-order valence-electron chi connectivity index (χ1n) is 25.9. The Labute approximate surface area is 431 Å². The smallest absolute Gasteiger partial charge is 0.409 e. The number of hydrogen-bond donors (Lipinski definition) is 2. The van der Waals surface area contributed by atoms with E-state index in [4.69, 9.17) is 40.3 Å². The van der Waals surface area contributed by atoms with Crippen molar-refractivity contribution in [2.75, 3.05) is 89.2 Å². The summed E-state index contributed by atoms with van der Waals surface area (Å²) in [5.41, 5.74) is 3.15. The van der Waals surface area contributed by atoms with Gasteiger partial charge in [0.05, 0.1) is 85.3 Å². The molecule has 2 atom stereocenters. The van der Waals surface area contributed by atoms with Gasteiger partial charge in [0.15, 0.2) is 5.82 Å². The van der Waals surface area contributed by atoms with Crippen LogP contribution >= 0.6 is 0 Å². The van der Waals surface area contributed by atoms with E-state index in [-0.39, 0.29) is 69.2 Å². The van der Waals surface area contributed by atoms with Crippen molar-refractivity contribution in [2.45, 2.75) is 80.9 Å². The van der Waals surface area contributed by atoms with E-state index in [1.54, 1.807) is 9.58 Å². The minimum atomic E-state index is -0.692. The Balaban J connectivity index is 0.000000161. The number of phenolic OH excluding ortho intramolecular Hbond substituents is 1. The summed E-state index contributed by atoms with van der Waals surface area (Å²) >= 11 is 0. The predicted octanol–water partition coefficient (Wildman–Crippen LogP) is 6.11. The molecule has 7 aliphatic rings. The van der Waals surface area contributed by atoms with E-state index in [2.05, 4.69) is 37.1 Å². The lowest BCUT2D eigenvalue weighted by molar-refractivity contribution is -0.134. The van der Waals surface area contributed by atoms with E-state index in [9.17, 15) is 23.9 Å². The lowest BCUT2D eigenvalue weighted by Gasteiger charge is -2.54. The van der Waals surface area contributed by atoms with Crippen LogP contribution in [-0.4, -0.2) is 154 Å². The molecule has 6 fully saturated rings. The van der Waals surface area contributed by atoms with E-state index in [1.807, 2.05) is 19.2 Å². The first-order valence-corrected chi connectivity index (χ1v) is 25.9. The first kappa shape index (κ1) is 48.7. The molecular weight excluding hydrogens is 967 g/mol. The number of ether oxygens (including phenoxy) is 4. The number of aromatic nitrogens is 5. The number of rotatable bonds is 6. The van der Waals surface area contributed by atoms with Crippen LogP contribution < -0.4 is 19.9 Å². The zero-order valence-corrected chi connectivity index (χ0v) is 42.0. The Kier molecular flexibility index (Phi) is 12.5. The maximum atomic E-state index is 17.0. The minimum absolute atomic E-state index is 0.0143. The number of nitrogens with zero attached hydrogens (tertiary/aromatic N) is 9. The summed E-state index contributed by atoms with van der Waals surface area (Å²) in [5, 5.41) is 19.9. The van der Waals surface area contributed by atoms with Gasteiger partial charge < -0.3 is 38.8 Å². The summed E-state index contributed by atoms with van der Waals surface area (Å²) in [6.45, 7) is 7.39. The second-order valence-corrected chi connectivity index (χ2v) is 20.9. The van der Waals surface area contributed by atoms with Crippen molar-refractivity contribution in [3.63, 3.8) is 0 Å². The second-order valence-electron chi connectivity index (χ2n) is 20.9. The van der Waals surface area contributed by atoms with Crippen LogP contribution in [0.2, 0.25) is 0 Å². The summed E-state index contributed by atoms with van der Waals surface area (Å²) in [5.74, 6) is 0.687. The molecule has 0 radical (unpaired) electrons. The monoisotopic (exact) mass is 1020 g/mol. The van der Waals surface area contributed by atoms with Crippen molar-refractivity contribution in [1.82, 2.24) is 39.8 Å². The van der Waals surface area contributed by atoms with Gasteiger partial charge in [-0.25, -0.2) is 18.6 Å². The van der Waals surface area contributed by atoms with Crippen LogP contribution in [-0.2, 0) is 37.3 Å². The fraction of sp³-hybridized carbons (Fsp3) is 0.473. The standard InChI is InChI=1S/C34H33F2N5O3.C21H25N5O5/c1-2-23-25(35)8-6-20-16-22(42)17-24(27(20)23)30-29(36)31-28-26(37-30)9-7-21-18-43-15-5-14-41(21)32(28)39-33(38-31)44-19-34-10-3-12-40(34)13-4-11-34;1-24-16-9-13(26-11-21(12-26)10-25(7-8-31-21)20(29)30-2)3-4-14(16)18(23-24)15-5-6-17(27)22-19(15)28/h1,6,8,16-17,21,42H,3-5,7,9-15,18-19H2;3-4,9,15H,5-8,10-12H2,1-2H3,(H,22,27,28).